The van der Waals surface area contributed by atoms with Crippen molar-refractivity contribution in [2.45, 2.75) is 13.0 Å². The number of para-hydroxylation sites is 1. The maximum atomic E-state index is 12.1. The molecule has 120 valence electrons. The van der Waals surface area contributed by atoms with Crippen molar-refractivity contribution in [1.29, 1.82) is 5.26 Å². The molecule has 24 heavy (non-hydrogen) atoms. The SMILES string of the molecule is N#Cc1ccc(COc2ccccc2C(=O)CC(=O)C(=O)O)cc1. The van der Waals surface area contributed by atoms with E-state index in [1.165, 1.54) is 6.07 Å². The highest BCUT2D eigenvalue weighted by atomic mass is 16.5. The molecule has 0 bridgehead atoms. The molecule has 0 heterocycles. The van der Waals surface area contributed by atoms with Crippen LogP contribution in [0.5, 0.6) is 5.75 Å². The second-order valence-corrected chi connectivity index (χ2v) is 4.92. The van der Waals surface area contributed by atoms with Crippen molar-refractivity contribution in [3.8, 4) is 11.8 Å². The zero-order chi connectivity index (χ0) is 17.5. The monoisotopic (exact) mass is 323 g/mol. The van der Waals surface area contributed by atoms with Crippen molar-refractivity contribution >= 4 is 17.5 Å². The van der Waals surface area contributed by atoms with Gasteiger partial charge in [0.25, 0.3) is 0 Å². The number of benzene rings is 2. The second kappa shape index (κ2) is 7.70. The van der Waals surface area contributed by atoms with Gasteiger partial charge in [0.05, 0.1) is 23.6 Å². The topological polar surface area (TPSA) is 104 Å². The summed E-state index contributed by atoms with van der Waals surface area (Å²) in [4.78, 5) is 33.8. The average molecular weight is 323 g/mol. The second-order valence-electron chi connectivity index (χ2n) is 4.92. The number of hydrogen-bond acceptors (Lipinski definition) is 5. The molecule has 0 fully saturated rings. The number of aliphatic carboxylic acids is 1. The molecule has 0 radical (unpaired) electrons. The van der Waals surface area contributed by atoms with Gasteiger partial charge in [0.15, 0.2) is 5.78 Å². The van der Waals surface area contributed by atoms with Gasteiger partial charge in [-0.1, -0.05) is 24.3 Å². The van der Waals surface area contributed by atoms with Crippen LogP contribution < -0.4 is 4.74 Å². The highest BCUT2D eigenvalue weighted by Gasteiger charge is 2.20. The molecule has 0 aromatic heterocycles. The zero-order valence-corrected chi connectivity index (χ0v) is 12.6. The van der Waals surface area contributed by atoms with Gasteiger partial charge in [-0.05, 0) is 29.8 Å². The van der Waals surface area contributed by atoms with Crippen LogP contribution in [0.2, 0.25) is 0 Å². The van der Waals surface area contributed by atoms with Crippen LogP contribution in [0.4, 0.5) is 0 Å². The lowest BCUT2D eigenvalue weighted by Gasteiger charge is -2.10. The Labute approximate surface area is 137 Å². The van der Waals surface area contributed by atoms with E-state index >= 15 is 0 Å². The molecular formula is C18H13NO5. The van der Waals surface area contributed by atoms with E-state index in [4.69, 9.17) is 15.1 Å². The largest absolute Gasteiger partial charge is 0.488 e. The number of Topliss-reactive ketones (excluding diaryl/α,β-unsaturated/α-hetero) is 2. The fourth-order valence-corrected chi connectivity index (χ4v) is 1.98. The Morgan fingerprint density at radius 1 is 1.04 bits per heavy atom. The highest BCUT2D eigenvalue weighted by molar-refractivity contribution is 6.37. The molecule has 0 amide bonds. The van der Waals surface area contributed by atoms with Crippen molar-refractivity contribution in [1.82, 2.24) is 0 Å². The molecule has 0 unspecified atom stereocenters. The quantitative estimate of drug-likeness (QED) is 0.476. The lowest BCUT2D eigenvalue weighted by Crippen LogP contribution is -2.17. The predicted octanol–water partition coefficient (Wildman–Crippen LogP) is 2.36. The van der Waals surface area contributed by atoms with Crippen LogP contribution in [-0.2, 0) is 16.2 Å². The number of nitriles is 1. The van der Waals surface area contributed by atoms with E-state index in [-0.39, 0.29) is 17.9 Å². The molecule has 2 rings (SSSR count). The maximum Gasteiger partial charge on any atom is 0.372 e. The van der Waals surface area contributed by atoms with Gasteiger partial charge >= 0.3 is 5.97 Å². The summed E-state index contributed by atoms with van der Waals surface area (Å²) in [6, 6.07) is 15.1. The Bertz CT molecular complexity index is 818. The Hall–Kier alpha value is -3.46. The molecule has 0 aliphatic rings. The van der Waals surface area contributed by atoms with Crippen molar-refractivity contribution in [3.63, 3.8) is 0 Å². The number of carboxylic acids is 1. The summed E-state index contributed by atoms with van der Waals surface area (Å²) >= 11 is 0. The third-order valence-corrected chi connectivity index (χ3v) is 3.22. The van der Waals surface area contributed by atoms with Gasteiger partial charge in [-0.15, -0.1) is 0 Å². The molecule has 6 heteroatoms. The molecule has 0 saturated carbocycles. The number of hydrogen-bond donors (Lipinski definition) is 1. The molecular weight excluding hydrogens is 310 g/mol. The van der Waals surface area contributed by atoms with Crippen LogP contribution in [0.1, 0.15) is 27.9 Å². The molecule has 0 aliphatic heterocycles. The third-order valence-electron chi connectivity index (χ3n) is 3.22. The lowest BCUT2D eigenvalue weighted by atomic mass is 10.0. The van der Waals surface area contributed by atoms with Gasteiger partial charge in [0.2, 0.25) is 5.78 Å². The normalized spacial score (nSPS) is 9.79. The first-order valence-corrected chi connectivity index (χ1v) is 7.01. The minimum absolute atomic E-state index is 0.153. The van der Waals surface area contributed by atoms with Gasteiger partial charge in [0, 0.05) is 0 Å². The van der Waals surface area contributed by atoms with E-state index in [0.717, 1.165) is 5.56 Å². The smallest absolute Gasteiger partial charge is 0.372 e. The zero-order valence-electron chi connectivity index (χ0n) is 12.6. The summed E-state index contributed by atoms with van der Waals surface area (Å²) < 4.78 is 5.60. The Kier molecular flexibility index (Phi) is 5.42. The van der Waals surface area contributed by atoms with E-state index in [1.807, 2.05) is 6.07 Å². The number of carboxylic acid groups (broad SMARTS) is 1. The van der Waals surface area contributed by atoms with Crippen LogP contribution in [0.15, 0.2) is 48.5 Å². The van der Waals surface area contributed by atoms with Gasteiger partial charge in [-0.25, -0.2) is 4.79 Å². The predicted molar refractivity (Wildman–Crippen MR) is 83.5 cm³/mol. The average Bonchev–Trinajstić information content (AvgIpc) is 2.60. The number of rotatable bonds is 7. The molecule has 1 N–H and O–H groups in total. The molecule has 0 spiro atoms. The van der Waals surface area contributed by atoms with Crippen molar-refractivity contribution in [2.75, 3.05) is 0 Å². The van der Waals surface area contributed by atoms with Gasteiger partial charge in [-0.2, -0.15) is 5.26 Å². The Balaban J connectivity index is 2.10. The van der Waals surface area contributed by atoms with Crippen LogP contribution in [0.25, 0.3) is 0 Å². The molecule has 2 aromatic carbocycles. The van der Waals surface area contributed by atoms with Crippen LogP contribution in [0.3, 0.4) is 0 Å². The number of ketones is 2. The number of carbonyl (C=O) groups is 3. The summed E-state index contributed by atoms with van der Waals surface area (Å²) in [6.07, 6.45) is -0.716. The van der Waals surface area contributed by atoms with Crippen LogP contribution in [0, 0.1) is 11.3 Å². The molecule has 2 aromatic rings. The first-order chi connectivity index (χ1) is 11.5. The number of ether oxygens (including phenoxy) is 1. The van der Waals surface area contributed by atoms with E-state index in [9.17, 15) is 14.4 Å². The number of nitrogens with zero attached hydrogens (tertiary/aromatic N) is 1. The first-order valence-electron chi connectivity index (χ1n) is 7.01. The standard InChI is InChI=1S/C18H13NO5/c19-10-12-5-7-13(8-6-12)11-24-17-4-2-1-3-14(17)15(20)9-16(21)18(22)23/h1-8H,9,11H2,(H,22,23). The van der Waals surface area contributed by atoms with E-state index in [2.05, 4.69) is 0 Å². The summed E-state index contributed by atoms with van der Waals surface area (Å²) in [5.74, 6) is -3.15. The highest BCUT2D eigenvalue weighted by Crippen LogP contribution is 2.21. The van der Waals surface area contributed by atoms with Gasteiger partial charge in [0.1, 0.15) is 12.4 Å². The summed E-state index contributed by atoms with van der Waals surface area (Å²) in [6.45, 7) is 0.170. The molecule has 0 aliphatic carbocycles. The summed E-state index contributed by atoms with van der Waals surface area (Å²) in [5, 5.41) is 17.3. The number of carbonyl (C=O) groups excluding carboxylic acids is 2. The fraction of sp³-hybridized carbons (Fsp3) is 0.111. The van der Waals surface area contributed by atoms with E-state index in [0.29, 0.717) is 5.56 Å². The molecule has 6 nitrogen and oxygen atoms in total. The van der Waals surface area contributed by atoms with Gasteiger partial charge < -0.3 is 9.84 Å². The summed E-state index contributed by atoms with van der Waals surface area (Å²) in [7, 11) is 0. The summed E-state index contributed by atoms with van der Waals surface area (Å²) in [5.41, 5.74) is 1.49. The minimum atomic E-state index is -1.64. The van der Waals surface area contributed by atoms with E-state index in [1.54, 1.807) is 42.5 Å². The molecule has 0 atom stereocenters. The Morgan fingerprint density at radius 2 is 1.71 bits per heavy atom. The first kappa shape index (κ1) is 16.9. The van der Waals surface area contributed by atoms with E-state index < -0.39 is 24.0 Å². The lowest BCUT2D eigenvalue weighted by molar-refractivity contribution is -0.148. The Morgan fingerprint density at radius 3 is 2.33 bits per heavy atom. The van der Waals surface area contributed by atoms with Crippen molar-refractivity contribution in [3.05, 3.63) is 65.2 Å². The van der Waals surface area contributed by atoms with Crippen molar-refractivity contribution in [2.24, 2.45) is 0 Å². The van der Waals surface area contributed by atoms with Crippen LogP contribution >= 0.6 is 0 Å². The third kappa shape index (κ3) is 4.27. The fourth-order valence-electron chi connectivity index (χ4n) is 1.98. The molecule has 0 saturated heterocycles. The maximum absolute atomic E-state index is 12.1. The van der Waals surface area contributed by atoms with Crippen molar-refractivity contribution < 1.29 is 24.2 Å². The minimum Gasteiger partial charge on any atom is -0.488 e. The van der Waals surface area contributed by atoms with Crippen LogP contribution in [-0.4, -0.2) is 22.6 Å². The van der Waals surface area contributed by atoms with Gasteiger partial charge in [-0.3, -0.25) is 9.59 Å².